The Bertz CT molecular complexity index is 392. The van der Waals surface area contributed by atoms with E-state index in [1.54, 1.807) is 12.3 Å². The first-order chi connectivity index (χ1) is 8.61. The van der Waals surface area contributed by atoms with Gasteiger partial charge in [0.15, 0.2) is 0 Å². The van der Waals surface area contributed by atoms with Crippen LogP contribution in [-0.2, 0) is 0 Å². The Hall–Kier alpha value is -0.870. The summed E-state index contributed by atoms with van der Waals surface area (Å²) in [6.07, 6.45) is 6.76. The Morgan fingerprint density at radius 2 is 2.22 bits per heavy atom. The largest absolute Gasteiger partial charge is 0.388 e. The lowest BCUT2D eigenvalue weighted by molar-refractivity contribution is 0.00223. The van der Waals surface area contributed by atoms with Crippen LogP contribution >= 0.6 is 11.6 Å². The SMILES string of the molecule is CCC1CCC(O)(CNc2ccnc(Cl)n2)CC1. The van der Waals surface area contributed by atoms with E-state index in [1.165, 1.54) is 6.42 Å². The smallest absolute Gasteiger partial charge is 0.224 e. The summed E-state index contributed by atoms with van der Waals surface area (Å²) in [7, 11) is 0. The van der Waals surface area contributed by atoms with Gasteiger partial charge in [-0.1, -0.05) is 13.3 Å². The van der Waals surface area contributed by atoms with Crippen LogP contribution in [0.1, 0.15) is 39.0 Å². The van der Waals surface area contributed by atoms with E-state index >= 15 is 0 Å². The van der Waals surface area contributed by atoms with Crippen LogP contribution in [0, 0.1) is 5.92 Å². The van der Waals surface area contributed by atoms with Gasteiger partial charge in [-0.05, 0) is 49.3 Å². The topological polar surface area (TPSA) is 58.0 Å². The first-order valence-electron chi connectivity index (χ1n) is 6.56. The van der Waals surface area contributed by atoms with Crippen LogP contribution in [0.15, 0.2) is 12.3 Å². The van der Waals surface area contributed by atoms with Gasteiger partial charge in [-0.15, -0.1) is 0 Å². The first kappa shape index (κ1) is 13.6. The third-order valence-corrected chi connectivity index (χ3v) is 4.02. The lowest BCUT2D eigenvalue weighted by Gasteiger charge is -2.36. The predicted molar refractivity (Wildman–Crippen MR) is 72.7 cm³/mol. The van der Waals surface area contributed by atoms with E-state index in [0.29, 0.717) is 12.4 Å². The Balaban J connectivity index is 1.86. The standard InChI is InChI=1S/C13H20ClN3O/c1-2-10-3-6-13(18,7-4-10)9-16-11-5-8-15-12(14)17-11/h5,8,10,18H,2-4,6-7,9H2,1H3,(H,15,16,17). The number of rotatable bonds is 4. The first-order valence-corrected chi connectivity index (χ1v) is 6.94. The van der Waals surface area contributed by atoms with Gasteiger partial charge >= 0.3 is 0 Å². The van der Waals surface area contributed by atoms with E-state index in [2.05, 4.69) is 22.2 Å². The molecular weight excluding hydrogens is 250 g/mol. The van der Waals surface area contributed by atoms with Gasteiger partial charge in [-0.2, -0.15) is 0 Å². The summed E-state index contributed by atoms with van der Waals surface area (Å²) >= 11 is 5.71. The molecule has 2 rings (SSSR count). The molecule has 0 unspecified atom stereocenters. The van der Waals surface area contributed by atoms with Crippen molar-refractivity contribution >= 4 is 17.4 Å². The number of hydrogen-bond acceptors (Lipinski definition) is 4. The highest BCUT2D eigenvalue weighted by Crippen LogP contribution is 2.33. The predicted octanol–water partition coefficient (Wildman–Crippen LogP) is 2.87. The van der Waals surface area contributed by atoms with Gasteiger partial charge in [-0.25, -0.2) is 9.97 Å². The van der Waals surface area contributed by atoms with E-state index in [9.17, 15) is 5.11 Å². The second kappa shape index (κ2) is 5.85. The molecular formula is C13H20ClN3O. The van der Waals surface area contributed by atoms with Crippen LogP contribution in [0.4, 0.5) is 5.82 Å². The number of hydrogen-bond donors (Lipinski definition) is 2. The molecule has 4 nitrogen and oxygen atoms in total. The van der Waals surface area contributed by atoms with E-state index in [4.69, 9.17) is 11.6 Å². The maximum atomic E-state index is 10.5. The lowest BCUT2D eigenvalue weighted by atomic mass is 9.78. The highest BCUT2D eigenvalue weighted by Gasteiger charge is 2.32. The van der Waals surface area contributed by atoms with E-state index < -0.39 is 5.60 Å². The molecule has 2 N–H and O–H groups in total. The molecule has 0 amide bonds. The van der Waals surface area contributed by atoms with Crippen molar-refractivity contribution in [2.45, 2.75) is 44.6 Å². The van der Waals surface area contributed by atoms with Crippen LogP contribution in [0.3, 0.4) is 0 Å². The fourth-order valence-electron chi connectivity index (χ4n) is 2.49. The zero-order valence-corrected chi connectivity index (χ0v) is 11.5. The molecule has 0 aromatic carbocycles. The van der Waals surface area contributed by atoms with Crippen molar-refractivity contribution in [1.82, 2.24) is 9.97 Å². The summed E-state index contributed by atoms with van der Waals surface area (Å²) in [5, 5.41) is 13.8. The number of nitrogens with one attached hydrogen (secondary N) is 1. The average molecular weight is 270 g/mol. The second-order valence-corrected chi connectivity index (χ2v) is 5.48. The summed E-state index contributed by atoms with van der Waals surface area (Å²) in [5.41, 5.74) is -0.608. The van der Waals surface area contributed by atoms with Crippen molar-refractivity contribution < 1.29 is 5.11 Å². The van der Waals surface area contributed by atoms with Crippen LogP contribution in [0.2, 0.25) is 5.28 Å². The molecule has 1 saturated carbocycles. The van der Waals surface area contributed by atoms with Crippen molar-refractivity contribution in [1.29, 1.82) is 0 Å². The Kier molecular flexibility index (Phi) is 4.40. The summed E-state index contributed by atoms with van der Waals surface area (Å²) in [4.78, 5) is 7.88. The second-order valence-electron chi connectivity index (χ2n) is 5.14. The third kappa shape index (κ3) is 3.56. The van der Waals surface area contributed by atoms with Crippen molar-refractivity contribution in [2.24, 2.45) is 5.92 Å². The molecule has 1 aromatic rings. The van der Waals surface area contributed by atoms with Gasteiger partial charge in [0.1, 0.15) is 5.82 Å². The molecule has 0 bridgehead atoms. The van der Waals surface area contributed by atoms with Crippen LogP contribution in [-0.4, -0.2) is 27.2 Å². The van der Waals surface area contributed by atoms with Gasteiger partial charge in [0.05, 0.1) is 5.60 Å². The van der Waals surface area contributed by atoms with E-state index in [1.807, 2.05) is 0 Å². The molecule has 0 spiro atoms. The molecule has 0 aliphatic heterocycles. The lowest BCUT2D eigenvalue weighted by Crippen LogP contribution is -2.40. The average Bonchev–Trinajstić information content (AvgIpc) is 2.38. The number of nitrogens with zero attached hydrogens (tertiary/aromatic N) is 2. The van der Waals surface area contributed by atoms with Crippen molar-refractivity contribution in [2.75, 3.05) is 11.9 Å². The minimum Gasteiger partial charge on any atom is -0.388 e. The maximum absolute atomic E-state index is 10.5. The van der Waals surface area contributed by atoms with Crippen molar-refractivity contribution in [3.63, 3.8) is 0 Å². The fraction of sp³-hybridized carbons (Fsp3) is 0.692. The number of aliphatic hydroxyl groups is 1. The van der Waals surface area contributed by atoms with Gasteiger partial charge in [0, 0.05) is 12.7 Å². The molecule has 1 aliphatic rings. The van der Waals surface area contributed by atoms with Crippen LogP contribution in [0.5, 0.6) is 0 Å². The quantitative estimate of drug-likeness (QED) is 0.826. The summed E-state index contributed by atoms with van der Waals surface area (Å²) in [5.74, 6) is 1.44. The molecule has 1 aliphatic carbocycles. The number of aromatic nitrogens is 2. The number of halogens is 1. The van der Waals surface area contributed by atoms with E-state index in [-0.39, 0.29) is 5.28 Å². The summed E-state index contributed by atoms with van der Waals surface area (Å²) in [6.45, 7) is 2.74. The third-order valence-electron chi connectivity index (χ3n) is 3.84. The van der Waals surface area contributed by atoms with Gasteiger partial charge < -0.3 is 10.4 Å². The monoisotopic (exact) mass is 269 g/mol. The zero-order chi connectivity index (χ0) is 13.0. The highest BCUT2D eigenvalue weighted by atomic mass is 35.5. The summed E-state index contributed by atoms with van der Waals surface area (Å²) < 4.78 is 0. The molecule has 1 aromatic heterocycles. The van der Waals surface area contributed by atoms with Crippen LogP contribution < -0.4 is 5.32 Å². The molecule has 1 heterocycles. The molecule has 0 radical (unpaired) electrons. The molecule has 100 valence electrons. The minimum absolute atomic E-state index is 0.224. The molecule has 0 saturated heterocycles. The van der Waals surface area contributed by atoms with Gasteiger partial charge in [0.2, 0.25) is 5.28 Å². The maximum Gasteiger partial charge on any atom is 0.224 e. The fourth-order valence-corrected chi connectivity index (χ4v) is 2.64. The van der Waals surface area contributed by atoms with Gasteiger partial charge in [-0.3, -0.25) is 0 Å². The van der Waals surface area contributed by atoms with E-state index in [0.717, 1.165) is 31.6 Å². The molecule has 0 atom stereocenters. The van der Waals surface area contributed by atoms with Crippen molar-refractivity contribution in [3.05, 3.63) is 17.5 Å². The Morgan fingerprint density at radius 1 is 1.50 bits per heavy atom. The highest BCUT2D eigenvalue weighted by molar-refractivity contribution is 6.28. The normalized spacial score (nSPS) is 28.1. The van der Waals surface area contributed by atoms with Crippen molar-refractivity contribution in [3.8, 4) is 0 Å². The zero-order valence-electron chi connectivity index (χ0n) is 10.7. The Labute approximate surface area is 113 Å². The van der Waals surface area contributed by atoms with Gasteiger partial charge in [0.25, 0.3) is 0 Å². The van der Waals surface area contributed by atoms with Crippen LogP contribution in [0.25, 0.3) is 0 Å². The molecule has 5 heteroatoms. The molecule has 18 heavy (non-hydrogen) atoms. The molecule has 1 fully saturated rings. The minimum atomic E-state index is -0.608. The Morgan fingerprint density at radius 3 is 2.83 bits per heavy atom. The summed E-state index contributed by atoms with van der Waals surface area (Å²) in [6, 6.07) is 1.76. The number of anilines is 1.